The van der Waals surface area contributed by atoms with Crippen LogP contribution >= 0.6 is 15.9 Å². The minimum Gasteiger partial charge on any atom is -0.372 e. The standard InChI is InChI=1S/C22H19BrN2O3/c23-17-8-3-5-15(13-17)14-24-20(26)22(28)11-12-25(21(22)27)19-10-4-7-16-6-1-2-9-18(16)19/h1-10,13,28H,11-12,14H2,(H,24,26)/t22-/m0/s1. The Balaban J connectivity index is 1.54. The van der Waals surface area contributed by atoms with E-state index in [9.17, 15) is 14.7 Å². The van der Waals surface area contributed by atoms with E-state index in [4.69, 9.17) is 0 Å². The van der Waals surface area contributed by atoms with Gasteiger partial charge in [-0.1, -0.05) is 64.5 Å². The Kier molecular flexibility index (Phi) is 4.91. The molecular weight excluding hydrogens is 420 g/mol. The Bertz CT molecular complexity index is 1060. The second-order valence-corrected chi connectivity index (χ2v) is 7.79. The molecule has 3 aromatic rings. The van der Waals surface area contributed by atoms with Gasteiger partial charge in [0.25, 0.3) is 11.8 Å². The summed E-state index contributed by atoms with van der Waals surface area (Å²) in [6.07, 6.45) is 0.0549. The van der Waals surface area contributed by atoms with Crippen LogP contribution < -0.4 is 10.2 Å². The van der Waals surface area contributed by atoms with Crippen LogP contribution in [0.15, 0.2) is 71.2 Å². The Hall–Kier alpha value is -2.70. The molecule has 1 atom stereocenters. The Morgan fingerprint density at radius 2 is 1.86 bits per heavy atom. The fourth-order valence-corrected chi connectivity index (χ4v) is 4.01. The maximum Gasteiger partial charge on any atom is 0.268 e. The molecule has 0 saturated carbocycles. The van der Waals surface area contributed by atoms with Crippen LogP contribution in [0.3, 0.4) is 0 Å². The van der Waals surface area contributed by atoms with Crippen LogP contribution in [-0.2, 0) is 16.1 Å². The van der Waals surface area contributed by atoms with Crippen molar-refractivity contribution in [2.24, 2.45) is 0 Å². The van der Waals surface area contributed by atoms with Gasteiger partial charge in [-0.3, -0.25) is 9.59 Å². The van der Waals surface area contributed by atoms with Gasteiger partial charge in [-0.15, -0.1) is 0 Å². The van der Waals surface area contributed by atoms with E-state index in [0.717, 1.165) is 20.8 Å². The van der Waals surface area contributed by atoms with Crippen molar-refractivity contribution in [1.82, 2.24) is 5.32 Å². The number of fused-ring (bicyclic) bond motifs is 1. The monoisotopic (exact) mass is 438 g/mol. The van der Waals surface area contributed by atoms with Crippen LogP contribution in [0.4, 0.5) is 5.69 Å². The van der Waals surface area contributed by atoms with Gasteiger partial charge in [0.05, 0.1) is 5.69 Å². The van der Waals surface area contributed by atoms with Gasteiger partial charge < -0.3 is 15.3 Å². The Morgan fingerprint density at radius 1 is 1.11 bits per heavy atom. The van der Waals surface area contributed by atoms with Crippen molar-refractivity contribution in [3.63, 3.8) is 0 Å². The zero-order valence-corrected chi connectivity index (χ0v) is 16.6. The Morgan fingerprint density at radius 3 is 2.68 bits per heavy atom. The van der Waals surface area contributed by atoms with E-state index >= 15 is 0 Å². The first-order valence-electron chi connectivity index (χ1n) is 9.04. The molecular formula is C22H19BrN2O3. The number of hydrogen-bond acceptors (Lipinski definition) is 3. The molecule has 0 aromatic heterocycles. The van der Waals surface area contributed by atoms with E-state index < -0.39 is 17.4 Å². The summed E-state index contributed by atoms with van der Waals surface area (Å²) in [5.74, 6) is -1.25. The first kappa shape index (κ1) is 18.7. The molecule has 1 aliphatic rings. The minimum atomic E-state index is -2.05. The quantitative estimate of drug-likeness (QED) is 0.613. The third kappa shape index (κ3) is 3.30. The van der Waals surface area contributed by atoms with Crippen molar-refractivity contribution < 1.29 is 14.7 Å². The number of halogens is 1. The number of carbonyl (C=O) groups excluding carboxylic acids is 2. The maximum absolute atomic E-state index is 13.0. The van der Waals surface area contributed by atoms with Crippen molar-refractivity contribution >= 4 is 44.2 Å². The van der Waals surface area contributed by atoms with E-state index in [2.05, 4.69) is 21.2 Å². The smallest absolute Gasteiger partial charge is 0.268 e. The van der Waals surface area contributed by atoms with Crippen LogP contribution in [0.5, 0.6) is 0 Å². The molecule has 142 valence electrons. The largest absolute Gasteiger partial charge is 0.372 e. The number of rotatable bonds is 4. The number of nitrogens with one attached hydrogen (secondary N) is 1. The number of anilines is 1. The zero-order chi connectivity index (χ0) is 19.7. The average Bonchev–Trinajstić information content (AvgIpc) is 3.01. The molecule has 3 aromatic carbocycles. The molecule has 1 aliphatic heterocycles. The third-order valence-corrected chi connectivity index (χ3v) is 5.56. The zero-order valence-electron chi connectivity index (χ0n) is 15.1. The fraction of sp³-hybridized carbons (Fsp3) is 0.182. The van der Waals surface area contributed by atoms with Crippen LogP contribution in [0.25, 0.3) is 10.8 Å². The summed E-state index contributed by atoms with van der Waals surface area (Å²) in [5, 5.41) is 15.5. The van der Waals surface area contributed by atoms with Gasteiger partial charge in [0.1, 0.15) is 0 Å². The first-order valence-corrected chi connectivity index (χ1v) is 9.83. The van der Waals surface area contributed by atoms with Gasteiger partial charge in [0.15, 0.2) is 0 Å². The van der Waals surface area contributed by atoms with Crippen molar-refractivity contribution in [2.75, 3.05) is 11.4 Å². The van der Waals surface area contributed by atoms with Crippen molar-refractivity contribution in [3.05, 3.63) is 76.8 Å². The minimum absolute atomic E-state index is 0.0549. The topological polar surface area (TPSA) is 69.6 Å². The summed E-state index contributed by atoms with van der Waals surface area (Å²) in [7, 11) is 0. The highest BCUT2D eigenvalue weighted by molar-refractivity contribution is 9.10. The average molecular weight is 439 g/mol. The first-order chi connectivity index (χ1) is 13.5. The molecule has 0 spiro atoms. The van der Waals surface area contributed by atoms with Gasteiger partial charge >= 0.3 is 0 Å². The molecule has 1 heterocycles. The number of aliphatic hydroxyl groups is 1. The van der Waals surface area contributed by atoms with E-state index in [1.54, 1.807) is 0 Å². The summed E-state index contributed by atoms with van der Waals surface area (Å²) >= 11 is 3.39. The van der Waals surface area contributed by atoms with Crippen LogP contribution in [0.2, 0.25) is 0 Å². The number of hydrogen-bond donors (Lipinski definition) is 2. The molecule has 0 unspecified atom stereocenters. The van der Waals surface area contributed by atoms with E-state index in [1.165, 1.54) is 4.90 Å². The predicted octanol–water partition coefficient (Wildman–Crippen LogP) is 3.39. The molecule has 5 nitrogen and oxygen atoms in total. The van der Waals surface area contributed by atoms with Crippen molar-refractivity contribution in [1.29, 1.82) is 0 Å². The molecule has 0 aliphatic carbocycles. The van der Waals surface area contributed by atoms with Crippen LogP contribution in [-0.4, -0.2) is 29.1 Å². The second kappa shape index (κ2) is 7.37. The molecule has 0 bridgehead atoms. The van der Waals surface area contributed by atoms with Gasteiger partial charge in [-0.25, -0.2) is 0 Å². The number of carbonyl (C=O) groups is 2. The molecule has 2 amide bonds. The highest BCUT2D eigenvalue weighted by atomic mass is 79.9. The number of nitrogens with zero attached hydrogens (tertiary/aromatic N) is 1. The number of benzene rings is 3. The van der Waals surface area contributed by atoms with Gasteiger partial charge in [-0.2, -0.15) is 0 Å². The summed E-state index contributed by atoms with van der Waals surface area (Å²) in [6.45, 7) is 0.524. The summed E-state index contributed by atoms with van der Waals surface area (Å²) in [5.41, 5.74) is -0.468. The lowest BCUT2D eigenvalue weighted by Crippen LogP contribution is -2.52. The van der Waals surface area contributed by atoms with E-state index in [-0.39, 0.29) is 19.5 Å². The predicted molar refractivity (Wildman–Crippen MR) is 112 cm³/mol. The van der Waals surface area contributed by atoms with E-state index in [0.29, 0.717) is 5.69 Å². The Labute approximate surface area is 171 Å². The van der Waals surface area contributed by atoms with Gasteiger partial charge in [0.2, 0.25) is 5.60 Å². The maximum atomic E-state index is 13.0. The molecule has 1 fully saturated rings. The van der Waals surface area contributed by atoms with E-state index in [1.807, 2.05) is 66.7 Å². The normalized spacial score (nSPS) is 19.2. The summed E-state index contributed by atoms with van der Waals surface area (Å²) < 4.78 is 0.900. The lowest BCUT2D eigenvalue weighted by molar-refractivity contribution is -0.149. The third-order valence-electron chi connectivity index (χ3n) is 5.07. The molecule has 28 heavy (non-hydrogen) atoms. The molecule has 2 N–H and O–H groups in total. The molecule has 0 radical (unpaired) electrons. The summed E-state index contributed by atoms with van der Waals surface area (Å²) in [6, 6.07) is 20.9. The SMILES string of the molecule is O=C(NCc1cccc(Br)c1)[C@@]1(O)CCN(c2cccc3ccccc23)C1=O. The highest BCUT2D eigenvalue weighted by Gasteiger charge is 2.51. The second-order valence-electron chi connectivity index (χ2n) is 6.88. The fourth-order valence-electron chi connectivity index (χ4n) is 3.57. The van der Waals surface area contributed by atoms with Crippen molar-refractivity contribution in [2.45, 2.75) is 18.6 Å². The molecule has 4 rings (SSSR count). The number of amides is 2. The molecule has 6 heteroatoms. The van der Waals surface area contributed by atoms with Gasteiger partial charge in [-0.05, 0) is 29.1 Å². The highest BCUT2D eigenvalue weighted by Crippen LogP contribution is 2.33. The van der Waals surface area contributed by atoms with Crippen molar-refractivity contribution in [3.8, 4) is 0 Å². The lowest BCUT2D eigenvalue weighted by atomic mass is 10.0. The van der Waals surface area contributed by atoms with Gasteiger partial charge in [0, 0.05) is 29.4 Å². The summed E-state index contributed by atoms with van der Waals surface area (Å²) in [4.78, 5) is 27.1. The van der Waals surface area contributed by atoms with Crippen LogP contribution in [0, 0.1) is 0 Å². The van der Waals surface area contributed by atoms with Crippen LogP contribution in [0.1, 0.15) is 12.0 Å². The lowest BCUT2D eigenvalue weighted by Gasteiger charge is -2.22. The molecule has 1 saturated heterocycles.